The Kier molecular flexibility index (Phi) is 6.44. The molecule has 0 aliphatic carbocycles. The smallest absolute Gasteiger partial charge is 0.245 e. The van der Waals surface area contributed by atoms with Gasteiger partial charge in [0, 0.05) is 24.1 Å². The highest BCUT2D eigenvalue weighted by Gasteiger charge is 2.44. The summed E-state index contributed by atoms with van der Waals surface area (Å²) < 4.78 is 13.6. The number of H-pyrrole nitrogens is 1. The van der Waals surface area contributed by atoms with Gasteiger partial charge in [0.25, 0.3) is 0 Å². The monoisotopic (exact) mass is 453 g/mol. The Bertz CT molecular complexity index is 1000. The van der Waals surface area contributed by atoms with Crippen molar-refractivity contribution in [1.29, 1.82) is 0 Å². The SMILES string of the molecule is Cl.Cl.Oc1cc(-c2cn[nH]c2F)ccc1-c1cnc(N2CC3(CCNCC3)C2)nn1. The van der Waals surface area contributed by atoms with E-state index in [0.717, 1.165) is 26.2 Å². The predicted octanol–water partition coefficient (Wildman–Crippen LogP) is 2.81. The van der Waals surface area contributed by atoms with Crippen LogP contribution >= 0.6 is 24.8 Å². The maximum Gasteiger partial charge on any atom is 0.245 e. The van der Waals surface area contributed by atoms with E-state index in [1.807, 2.05) is 0 Å². The van der Waals surface area contributed by atoms with Gasteiger partial charge in [-0.05, 0) is 43.6 Å². The molecule has 2 aliphatic heterocycles. The predicted molar refractivity (Wildman–Crippen MR) is 116 cm³/mol. The number of rotatable bonds is 3. The number of phenolic OH excluding ortho intramolecular Hbond substituents is 1. The Hall–Kier alpha value is -2.49. The third-order valence-corrected chi connectivity index (χ3v) is 5.73. The lowest BCUT2D eigenvalue weighted by molar-refractivity contribution is 0.147. The Morgan fingerprint density at radius 1 is 1.03 bits per heavy atom. The molecule has 0 amide bonds. The number of nitrogens with one attached hydrogen (secondary N) is 2. The number of aromatic amines is 1. The van der Waals surface area contributed by atoms with Crippen LogP contribution in [0.15, 0.2) is 30.6 Å². The van der Waals surface area contributed by atoms with Crippen LogP contribution in [0.2, 0.25) is 0 Å². The summed E-state index contributed by atoms with van der Waals surface area (Å²) in [4.78, 5) is 6.58. The van der Waals surface area contributed by atoms with Gasteiger partial charge in [0.15, 0.2) is 0 Å². The van der Waals surface area contributed by atoms with Gasteiger partial charge in [-0.3, -0.25) is 5.10 Å². The van der Waals surface area contributed by atoms with E-state index in [-0.39, 0.29) is 30.6 Å². The van der Waals surface area contributed by atoms with E-state index in [9.17, 15) is 9.50 Å². The zero-order valence-corrected chi connectivity index (χ0v) is 17.6. The molecule has 0 unspecified atom stereocenters. The van der Waals surface area contributed by atoms with Gasteiger partial charge >= 0.3 is 0 Å². The fraction of sp³-hybridized carbons (Fsp3) is 0.368. The molecule has 5 rings (SSSR count). The van der Waals surface area contributed by atoms with E-state index in [4.69, 9.17) is 0 Å². The van der Waals surface area contributed by atoms with Gasteiger partial charge in [-0.15, -0.1) is 35.0 Å². The third-order valence-electron chi connectivity index (χ3n) is 5.73. The molecule has 2 saturated heterocycles. The Morgan fingerprint density at radius 3 is 2.40 bits per heavy atom. The first kappa shape index (κ1) is 22.2. The van der Waals surface area contributed by atoms with E-state index in [0.29, 0.717) is 33.7 Å². The molecule has 1 aromatic carbocycles. The van der Waals surface area contributed by atoms with Crippen LogP contribution in [0.3, 0.4) is 0 Å². The zero-order chi connectivity index (χ0) is 19.1. The number of piperidine rings is 1. The van der Waals surface area contributed by atoms with Gasteiger partial charge in [0.2, 0.25) is 11.9 Å². The largest absolute Gasteiger partial charge is 0.507 e. The molecule has 0 saturated carbocycles. The van der Waals surface area contributed by atoms with Crippen molar-refractivity contribution in [2.45, 2.75) is 12.8 Å². The second-order valence-electron chi connectivity index (χ2n) is 7.58. The maximum atomic E-state index is 13.6. The molecular weight excluding hydrogens is 432 g/mol. The van der Waals surface area contributed by atoms with Gasteiger partial charge < -0.3 is 15.3 Å². The summed E-state index contributed by atoms with van der Waals surface area (Å²) >= 11 is 0. The van der Waals surface area contributed by atoms with E-state index >= 15 is 0 Å². The number of hydrogen-bond acceptors (Lipinski definition) is 7. The summed E-state index contributed by atoms with van der Waals surface area (Å²) in [5, 5.41) is 28.2. The molecule has 2 fully saturated rings. The maximum absolute atomic E-state index is 13.6. The molecule has 11 heteroatoms. The normalized spacial score (nSPS) is 17.0. The molecular formula is C19H22Cl2FN7O. The number of hydrogen-bond donors (Lipinski definition) is 3. The standard InChI is InChI=1S/C19H20FN7O.2ClH/c20-17-14(8-23-25-17)12-1-2-13(16(28)7-12)15-9-22-18(26-24-15)27-10-19(11-27)3-5-21-6-4-19;;/h1-2,7-9,21,28H,3-6,10-11H2,(H,23,25);2*1H. The lowest BCUT2D eigenvalue weighted by atomic mass is 9.72. The van der Waals surface area contributed by atoms with E-state index in [1.54, 1.807) is 18.3 Å². The van der Waals surface area contributed by atoms with Crippen molar-refractivity contribution >= 4 is 30.8 Å². The molecule has 8 nitrogen and oxygen atoms in total. The molecule has 0 radical (unpaired) electrons. The number of phenols is 1. The molecule has 0 bridgehead atoms. The van der Waals surface area contributed by atoms with Crippen LogP contribution in [0.25, 0.3) is 22.4 Å². The number of benzene rings is 1. The summed E-state index contributed by atoms with van der Waals surface area (Å²) in [5.74, 6) is 0.0584. The minimum atomic E-state index is -0.543. The fourth-order valence-electron chi connectivity index (χ4n) is 4.10. The molecule has 160 valence electrons. The zero-order valence-electron chi connectivity index (χ0n) is 16.0. The third kappa shape index (κ3) is 3.92. The summed E-state index contributed by atoms with van der Waals surface area (Å²) in [6.07, 6.45) is 5.37. The van der Waals surface area contributed by atoms with Crippen molar-refractivity contribution in [3.63, 3.8) is 0 Å². The number of halogens is 3. The highest BCUT2D eigenvalue weighted by atomic mass is 35.5. The summed E-state index contributed by atoms with van der Waals surface area (Å²) in [7, 11) is 0. The van der Waals surface area contributed by atoms with Gasteiger partial charge in [0.1, 0.15) is 11.4 Å². The number of aromatic hydroxyl groups is 1. The van der Waals surface area contributed by atoms with E-state index in [1.165, 1.54) is 25.1 Å². The molecule has 2 aromatic heterocycles. The molecule has 4 heterocycles. The number of anilines is 1. The van der Waals surface area contributed by atoms with E-state index < -0.39 is 5.95 Å². The van der Waals surface area contributed by atoms with Crippen molar-refractivity contribution in [1.82, 2.24) is 30.7 Å². The summed E-state index contributed by atoms with van der Waals surface area (Å²) in [5.41, 5.74) is 2.18. The Labute approximate surface area is 185 Å². The van der Waals surface area contributed by atoms with Crippen LogP contribution in [0.4, 0.5) is 10.3 Å². The van der Waals surface area contributed by atoms with Crippen molar-refractivity contribution in [2.75, 3.05) is 31.1 Å². The van der Waals surface area contributed by atoms with Crippen LogP contribution in [-0.4, -0.2) is 56.7 Å². The topological polar surface area (TPSA) is 103 Å². The van der Waals surface area contributed by atoms with E-state index in [2.05, 4.69) is 35.6 Å². The van der Waals surface area contributed by atoms with Crippen LogP contribution in [-0.2, 0) is 0 Å². The average molecular weight is 454 g/mol. The van der Waals surface area contributed by atoms with Gasteiger partial charge in [-0.25, -0.2) is 4.98 Å². The van der Waals surface area contributed by atoms with Crippen LogP contribution in [0.1, 0.15) is 12.8 Å². The number of nitrogens with zero attached hydrogens (tertiary/aromatic N) is 5. The molecule has 3 aromatic rings. The summed E-state index contributed by atoms with van der Waals surface area (Å²) in [6.45, 7) is 4.07. The second kappa shape index (κ2) is 8.71. The molecule has 2 aliphatic rings. The van der Waals surface area contributed by atoms with Crippen LogP contribution in [0.5, 0.6) is 5.75 Å². The highest BCUT2D eigenvalue weighted by Crippen LogP contribution is 2.40. The molecule has 1 spiro atoms. The van der Waals surface area contributed by atoms with Crippen molar-refractivity contribution in [3.8, 4) is 28.1 Å². The minimum absolute atomic E-state index is 0. The first-order valence-electron chi connectivity index (χ1n) is 9.32. The lowest BCUT2D eigenvalue weighted by Gasteiger charge is -2.52. The molecule has 0 atom stereocenters. The first-order chi connectivity index (χ1) is 13.6. The van der Waals surface area contributed by atoms with Crippen molar-refractivity contribution < 1.29 is 9.50 Å². The van der Waals surface area contributed by atoms with Gasteiger partial charge in [-0.2, -0.15) is 9.49 Å². The molecule has 3 N–H and O–H groups in total. The average Bonchev–Trinajstić information content (AvgIpc) is 3.13. The first-order valence-corrected chi connectivity index (χ1v) is 9.32. The highest BCUT2D eigenvalue weighted by molar-refractivity contribution is 5.85. The van der Waals surface area contributed by atoms with Gasteiger partial charge in [0.05, 0.1) is 18.0 Å². The quantitative estimate of drug-likeness (QED) is 0.559. The van der Waals surface area contributed by atoms with Gasteiger partial charge in [-0.1, -0.05) is 6.07 Å². The van der Waals surface area contributed by atoms with Crippen LogP contribution < -0.4 is 10.2 Å². The Balaban J connectivity index is 0.00000128. The van der Waals surface area contributed by atoms with Crippen molar-refractivity contribution in [2.24, 2.45) is 5.41 Å². The minimum Gasteiger partial charge on any atom is -0.507 e. The van der Waals surface area contributed by atoms with Crippen molar-refractivity contribution in [3.05, 3.63) is 36.5 Å². The fourth-order valence-corrected chi connectivity index (χ4v) is 4.10. The molecule has 30 heavy (non-hydrogen) atoms. The summed E-state index contributed by atoms with van der Waals surface area (Å²) in [6, 6.07) is 4.86. The second-order valence-corrected chi connectivity index (χ2v) is 7.58. The lowest BCUT2D eigenvalue weighted by Crippen LogP contribution is -2.60. The Morgan fingerprint density at radius 2 is 1.80 bits per heavy atom. The number of aromatic nitrogens is 5. The van der Waals surface area contributed by atoms with Crippen LogP contribution in [0, 0.1) is 11.4 Å².